The van der Waals surface area contributed by atoms with E-state index in [1.54, 1.807) is 0 Å². The van der Waals surface area contributed by atoms with Crippen LogP contribution >= 0.6 is 15.9 Å². The number of nitrogens with one attached hydrogen (secondary N) is 1. The lowest BCUT2D eigenvalue weighted by Crippen LogP contribution is -2.47. The molecule has 1 unspecified atom stereocenters. The molecule has 0 radical (unpaired) electrons. The number of benzene rings is 1. The highest BCUT2D eigenvalue weighted by Gasteiger charge is 2.22. The first-order chi connectivity index (χ1) is 8.25. The standard InChI is InChI=1S/C12H14BrNO3/c13-10-3-1-9(2-4-10)7-17-12(15)11-8-16-6-5-14-11/h1-4,11,14H,5-8H2. The Kier molecular flexibility index (Phi) is 4.53. The average molecular weight is 300 g/mol. The van der Waals surface area contributed by atoms with E-state index in [1.165, 1.54) is 0 Å². The van der Waals surface area contributed by atoms with Crippen LogP contribution in [0.25, 0.3) is 0 Å². The molecule has 1 aliphatic heterocycles. The zero-order valence-corrected chi connectivity index (χ0v) is 10.9. The minimum atomic E-state index is -0.334. The van der Waals surface area contributed by atoms with Crippen LogP contribution in [-0.4, -0.2) is 31.8 Å². The average Bonchev–Trinajstić information content (AvgIpc) is 2.39. The van der Waals surface area contributed by atoms with E-state index >= 15 is 0 Å². The van der Waals surface area contributed by atoms with Gasteiger partial charge in [0.15, 0.2) is 0 Å². The molecule has 17 heavy (non-hydrogen) atoms. The van der Waals surface area contributed by atoms with Gasteiger partial charge >= 0.3 is 5.97 Å². The Balaban J connectivity index is 1.81. The zero-order valence-electron chi connectivity index (χ0n) is 9.32. The summed E-state index contributed by atoms with van der Waals surface area (Å²) in [6.45, 7) is 2.03. The largest absolute Gasteiger partial charge is 0.460 e. The van der Waals surface area contributed by atoms with Gasteiger partial charge in [0.05, 0.1) is 13.2 Å². The van der Waals surface area contributed by atoms with Gasteiger partial charge in [-0.2, -0.15) is 0 Å². The Morgan fingerprint density at radius 3 is 2.88 bits per heavy atom. The molecular weight excluding hydrogens is 286 g/mol. The van der Waals surface area contributed by atoms with Crippen molar-refractivity contribution in [2.75, 3.05) is 19.8 Å². The molecule has 92 valence electrons. The van der Waals surface area contributed by atoms with E-state index in [-0.39, 0.29) is 12.0 Å². The number of rotatable bonds is 3. The van der Waals surface area contributed by atoms with Gasteiger partial charge in [-0.25, -0.2) is 0 Å². The fourth-order valence-electron chi connectivity index (χ4n) is 1.55. The fourth-order valence-corrected chi connectivity index (χ4v) is 1.82. The summed E-state index contributed by atoms with van der Waals surface area (Å²) in [5.74, 6) is -0.257. The maximum atomic E-state index is 11.7. The van der Waals surface area contributed by atoms with Crippen molar-refractivity contribution >= 4 is 21.9 Å². The molecule has 4 nitrogen and oxygen atoms in total. The molecule has 0 spiro atoms. The van der Waals surface area contributed by atoms with Crippen LogP contribution in [0.5, 0.6) is 0 Å². The minimum absolute atomic E-state index is 0.257. The van der Waals surface area contributed by atoms with Crippen LogP contribution in [0, 0.1) is 0 Å². The van der Waals surface area contributed by atoms with Gasteiger partial charge in [-0.15, -0.1) is 0 Å². The van der Waals surface area contributed by atoms with Gasteiger partial charge in [-0.05, 0) is 17.7 Å². The van der Waals surface area contributed by atoms with E-state index in [0.717, 1.165) is 10.0 Å². The van der Waals surface area contributed by atoms with E-state index in [0.29, 0.717) is 26.4 Å². The predicted octanol–water partition coefficient (Wildman–Crippen LogP) is 1.48. The Bertz CT molecular complexity index is 374. The summed E-state index contributed by atoms with van der Waals surface area (Å²) < 4.78 is 11.4. The van der Waals surface area contributed by atoms with Gasteiger partial charge in [0.25, 0.3) is 0 Å². The summed E-state index contributed by atoms with van der Waals surface area (Å²) in [6.07, 6.45) is 0. The minimum Gasteiger partial charge on any atom is -0.460 e. The third kappa shape index (κ3) is 3.80. The highest BCUT2D eigenvalue weighted by Crippen LogP contribution is 2.11. The lowest BCUT2D eigenvalue weighted by molar-refractivity contribution is -0.150. The summed E-state index contributed by atoms with van der Waals surface area (Å²) >= 11 is 3.35. The number of morpholine rings is 1. The van der Waals surface area contributed by atoms with Crippen molar-refractivity contribution in [2.24, 2.45) is 0 Å². The molecule has 1 aromatic carbocycles. The summed E-state index contributed by atoms with van der Waals surface area (Å²) in [5.41, 5.74) is 0.971. The fraction of sp³-hybridized carbons (Fsp3) is 0.417. The Morgan fingerprint density at radius 1 is 1.47 bits per heavy atom. The monoisotopic (exact) mass is 299 g/mol. The molecule has 2 rings (SSSR count). The zero-order chi connectivity index (χ0) is 12.1. The molecule has 1 heterocycles. The number of hydrogen-bond acceptors (Lipinski definition) is 4. The first kappa shape index (κ1) is 12.5. The van der Waals surface area contributed by atoms with Crippen LogP contribution < -0.4 is 5.32 Å². The van der Waals surface area contributed by atoms with Crippen molar-refractivity contribution in [2.45, 2.75) is 12.6 Å². The third-order valence-corrected chi connectivity index (χ3v) is 3.03. The van der Waals surface area contributed by atoms with Crippen molar-refractivity contribution in [3.63, 3.8) is 0 Å². The number of carbonyl (C=O) groups is 1. The molecule has 1 fully saturated rings. The van der Waals surface area contributed by atoms with Crippen molar-refractivity contribution in [1.29, 1.82) is 0 Å². The highest BCUT2D eigenvalue weighted by molar-refractivity contribution is 9.10. The molecule has 1 aromatic rings. The number of esters is 1. The number of ether oxygens (including phenoxy) is 2. The highest BCUT2D eigenvalue weighted by atomic mass is 79.9. The molecule has 0 aliphatic carbocycles. The predicted molar refractivity (Wildman–Crippen MR) is 66.5 cm³/mol. The van der Waals surface area contributed by atoms with Gasteiger partial charge in [-0.1, -0.05) is 28.1 Å². The van der Waals surface area contributed by atoms with Gasteiger partial charge in [-0.3, -0.25) is 4.79 Å². The molecule has 0 saturated carbocycles. The van der Waals surface area contributed by atoms with Crippen molar-refractivity contribution in [3.8, 4) is 0 Å². The van der Waals surface area contributed by atoms with Crippen LogP contribution in [0.15, 0.2) is 28.7 Å². The second kappa shape index (κ2) is 6.14. The van der Waals surface area contributed by atoms with Gasteiger partial charge in [0.1, 0.15) is 12.6 Å². The van der Waals surface area contributed by atoms with Crippen LogP contribution in [0.3, 0.4) is 0 Å². The smallest absolute Gasteiger partial charge is 0.325 e. The molecule has 1 atom stereocenters. The van der Waals surface area contributed by atoms with Crippen LogP contribution in [0.4, 0.5) is 0 Å². The Labute approximate surface area is 108 Å². The van der Waals surface area contributed by atoms with E-state index in [2.05, 4.69) is 21.2 Å². The lowest BCUT2D eigenvalue weighted by atomic mass is 10.2. The topological polar surface area (TPSA) is 47.6 Å². The van der Waals surface area contributed by atoms with Crippen molar-refractivity contribution in [1.82, 2.24) is 5.32 Å². The quantitative estimate of drug-likeness (QED) is 0.859. The maximum Gasteiger partial charge on any atom is 0.325 e. The number of hydrogen-bond donors (Lipinski definition) is 1. The van der Waals surface area contributed by atoms with Crippen molar-refractivity contribution in [3.05, 3.63) is 34.3 Å². The van der Waals surface area contributed by atoms with E-state index in [1.807, 2.05) is 24.3 Å². The van der Waals surface area contributed by atoms with E-state index < -0.39 is 0 Å². The second-order valence-electron chi connectivity index (χ2n) is 3.82. The first-order valence-corrected chi connectivity index (χ1v) is 6.27. The molecule has 0 amide bonds. The Hall–Kier alpha value is -0.910. The van der Waals surface area contributed by atoms with Crippen LogP contribution in [-0.2, 0) is 20.9 Å². The summed E-state index contributed by atoms with van der Waals surface area (Å²) in [7, 11) is 0. The summed E-state index contributed by atoms with van der Waals surface area (Å²) in [4.78, 5) is 11.7. The van der Waals surface area contributed by atoms with Crippen molar-refractivity contribution < 1.29 is 14.3 Å². The van der Waals surface area contributed by atoms with E-state index in [9.17, 15) is 4.79 Å². The third-order valence-electron chi connectivity index (χ3n) is 2.50. The van der Waals surface area contributed by atoms with Crippen LogP contribution in [0.1, 0.15) is 5.56 Å². The maximum absolute atomic E-state index is 11.7. The van der Waals surface area contributed by atoms with Crippen LogP contribution in [0.2, 0.25) is 0 Å². The second-order valence-corrected chi connectivity index (χ2v) is 4.73. The number of carbonyl (C=O) groups excluding carboxylic acids is 1. The SMILES string of the molecule is O=C(OCc1ccc(Br)cc1)C1COCCN1. The molecule has 1 aliphatic rings. The summed E-state index contributed by atoms with van der Waals surface area (Å²) in [6, 6.07) is 7.35. The number of halogens is 1. The summed E-state index contributed by atoms with van der Waals surface area (Å²) in [5, 5.41) is 3.06. The molecular formula is C12H14BrNO3. The van der Waals surface area contributed by atoms with Gasteiger partial charge < -0.3 is 14.8 Å². The van der Waals surface area contributed by atoms with Gasteiger partial charge in [0, 0.05) is 11.0 Å². The van der Waals surface area contributed by atoms with E-state index in [4.69, 9.17) is 9.47 Å². The molecule has 1 N–H and O–H groups in total. The molecule has 5 heteroatoms. The lowest BCUT2D eigenvalue weighted by Gasteiger charge is -2.22. The molecule has 0 bridgehead atoms. The van der Waals surface area contributed by atoms with Gasteiger partial charge in [0.2, 0.25) is 0 Å². The Morgan fingerprint density at radius 2 is 2.24 bits per heavy atom. The molecule has 1 saturated heterocycles. The normalized spacial score (nSPS) is 19.9. The molecule has 0 aromatic heterocycles. The first-order valence-electron chi connectivity index (χ1n) is 5.48.